The summed E-state index contributed by atoms with van der Waals surface area (Å²) in [4.78, 5) is 34.3. The Morgan fingerprint density at radius 2 is 2.18 bits per heavy atom. The molecule has 2 aromatic heterocycles. The molecular formula is C20H19Cl2N3O2S. The third kappa shape index (κ3) is 3.81. The van der Waals surface area contributed by atoms with Gasteiger partial charge in [-0.15, -0.1) is 11.3 Å². The largest absolute Gasteiger partial charge is 0.350 e. The summed E-state index contributed by atoms with van der Waals surface area (Å²) in [5.74, 6) is 0.416. The number of carbonyl (C=O) groups excluding carboxylic acids is 1. The van der Waals surface area contributed by atoms with Crippen LogP contribution in [0, 0.1) is 0 Å². The van der Waals surface area contributed by atoms with Gasteiger partial charge in [0.15, 0.2) is 0 Å². The normalized spacial score (nSPS) is 14.2. The van der Waals surface area contributed by atoms with E-state index < -0.39 is 0 Å². The molecule has 2 N–H and O–H groups in total. The molecule has 4 rings (SSSR count). The molecule has 0 radical (unpaired) electrons. The van der Waals surface area contributed by atoms with Gasteiger partial charge >= 0.3 is 0 Å². The lowest BCUT2D eigenvalue weighted by Gasteiger charge is -2.16. The topological polar surface area (TPSA) is 74.8 Å². The Bertz CT molecular complexity index is 1120. The minimum atomic E-state index is -0.243. The van der Waals surface area contributed by atoms with E-state index in [1.807, 2.05) is 6.92 Å². The van der Waals surface area contributed by atoms with E-state index in [9.17, 15) is 9.59 Å². The standard InChI is InChI=1S/C20H19Cl2N3O2S/c1-10(12-6-5-11(21)9-14(12)22)23-17(26)8-7-16-24-19(27)18-13-3-2-4-15(13)28-20(18)25-16/h5-6,9-10H,2-4,7-8H2,1H3,(H,23,26)(H,24,25,27)/t10-/m1/s1. The molecule has 0 fully saturated rings. The first-order valence-corrected chi connectivity index (χ1v) is 10.8. The first-order chi connectivity index (χ1) is 13.4. The summed E-state index contributed by atoms with van der Waals surface area (Å²) >= 11 is 13.7. The molecular weight excluding hydrogens is 417 g/mol. The number of amides is 1. The quantitative estimate of drug-likeness (QED) is 0.615. The minimum Gasteiger partial charge on any atom is -0.350 e. The van der Waals surface area contributed by atoms with Gasteiger partial charge in [0.2, 0.25) is 5.91 Å². The van der Waals surface area contributed by atoms with E-state index in [1.54, 1.807) is 29.5 Å². The summed E-state index contributed by atoms with van der Waals surface area (Å²) < 4.78 is 0. The molecule has 0 unspecified atom stereocenters. The highest BCUT2D eigenvalue weighted by molar-refractivity contribution is 7.18. The Morgan fingerprint density at radius 1 is 1.36 bits per heavy atom. The van der Waals surface area contributed by atoms with E-state index in [2.05, 4.69) is 15.3 Å². The zero-order valence-electron chi connectivity index (χ0n) is 15.3. The molecule has 0 bridgehead atoms. The van der Waals surface area contributed by atoms with Crippen molar-refractivity contribution in [2.45, 2.75) is 45.1 Å². The second-order valence-corrected chi connectivity index (χ2v) is 8.93. The van der Waals surface area contributed by atoms with Crippen LogP contribution in [0.15, 0.2) is 23.0 Å². The zero-order valence-corrected chi connectivity index (χ0v) is 17.6. The van der Waals surface area contributed by atoms with E-state index in [0.29, 0.717) is 22.3 Å². The maximum atomic E-state index is 12.5. The van der Waals surface area contributed by atoms with Crippen molar-refractivity contribution in [3.8, 4) is 0 Å². The number of benzene rings is 1. The van der Waals surface area contributed by atoms with Crippen LogP contribution in [0.5, 0.6) is 0 Å². The number of nitrogens with one attached hydrogen (secondary N) is 2. The summed E-state index contributed by atoms with van der Waals surface area (Å²) in [6.07, 6.45) is 3.69. The van der Waals surface area contributed by atoms with Gasteiger partial charge in [0.05, 0.1) is 11.4 Å². The van der Waals surface area contributed by atoms with Gasteiger partial charge in [-0.3, -0.25) is 9.59 Å². The van der Waals surface area contributed by atoms with Crippen molar-refractivity contribution in [2.75, 3.05) is 0 Å². The second kappa shape index (κ2) is 7.85. The molecule has 1 aliphatic rings. The van der Waals surface area contributed by atoms with Gasteiger partial charge in [-0.05, 0) is 49.4 Å². The Morgan fingerprint density at radius 3 is 2.96 bits per heavy atom. The fourth-order valence-corrected chi connectivity index (χ4v) is 5.49. The second-order valence-electron chi connectivity index (χ2n) is 7.01. The van der Waals surface area contributed by atoms with Gasteiger partial charge in [0.25, 0.3) is 5.56 Å². The smallest absolute Gasteiger partial charge is 0.259 e. The van der Waals surface area contributed by atoms with Crippen molar-refractivity contribution in [3.05, 3.63) is 60.4 Å². The van der Waals surface area contributed by atoms with Crippen LogP contribution in [0.4, 0.5) is 0 Å². The average Bonchev–Trinajstić information content (AvgIpc) is 3.20. The molecule has 2 heterocycles. The summed E-state index contributed by atoms with van der Waals surface area (Å²) in [6.45, 7) is 1.87. The Hall–Kier alpha value is -1.89. The molecule has 0 aliphatic heterocycles. The van der Waals surface area contributed by atoms with Crippen molar-refractivity contribution in [1.82, 2.24) is 15.3 Å². The predicted molar refractivity (Wildman–Crippen MR) is 114 cm³/mol. The number of thiophene rings is 1. The predicted octanol–water partition coefficient (Wildman–Crippen LogP) is 4.59. The number of nitrogens with zero attached hydrogens (tertiary/aromatic N) is 1. The molecule has 0 saturated heterocycles. The van der Waals surface area contributed by atoms with Crippen molar-refractivity contribution >= 4 is 50.7 Å². The molecule has 146 valence electrons. The van der Waals surface area contributed by atoms with Crippen molar-refractivity contribution in [2.24, 2.45) is 0 Å². The van der Waals surface area contributed by atoms with Crippen LogP contribution in [-0.4, -0.2) is 15.9 Å². The highest BCUT2D eigenvalue weighted by Crippen LogP contribution is 2.34. The van der Waals surface area contributed by atoms with Crippen LogP contribution in [0.25, 0.3) is 10.2 Å². The molecule has 1 aliphatic carbocycles. The number of aromatic nitrogens is 2. The lowest BCUT2D eigenvalue weighted by atomic mass is 10.1. The number of hydrogen-bond donors (Lipinski definition) is 2. The molecule has 0 saturated carbocycles. The molecule has 1 atom stereocenters. The highest BCUT2D eigenvalue weighted by atomic mass is 35.5. The number of rotatable bonds is 5. The highest BCUT2D eigenvalue weighted by Gasteiger charge is 2.21. The van der Waals surface area contributed by atoms with Crippen LogP contribution < -0.4 is 10.9 Å². The Balaban J connectivity index is 1.43. The molecule has 3 aromatic rings. The SMILES string of the molecule is C[C@@H](NC(=O)CCc1nc2sc3c(c2c(=O)[nH]1)CCC3)c1ccc(Cl)cc1Cl. The molecule has 1 amide bonds. The lowest BCUT2D eigenvalue weighted by molar-refractivity contribution is -0.121. The van der Waals surface area contributed by atoms with Crippen LogP contribution in [0.1, 0.15) is 47.6 Å². The Labute approximate surface area is 176 Å². The van der Waals surface area contributed by atoms with Gasteiger partial charge in [-0.25, -0.2) is 4.98 Å². The van der Waals surface area contributed by atoms with Gasteiger partial charge in [0, 0.05) is 27.8 Å². The first-order valence-electron chi connectivity index (χ1n) is 9.20. The van der Waals surface area contributed by atoms with Gasteiger partial charge < -0.3 is 10.3 Å². The number of halogens is 2. The van der Waals surface area contributed by atoms with E-state index in [0.717, 1.165) is 40.6 Å². The first kappa shape index (κ1) is 19.4. The average molecular weight is 436 g/mol. The molecule has 1 aromatic carbocycles. The minimum absolute atomic E-state index is 0.0962. The molecule has 8 heteroatoms. The molecule has 0 spiro atoms. The number of aromatic amines is 1. The fourth-order valence-electron chi connectivity index (χ4n) is 3.64. The van der Waals surface area contributed by atoms with Gasteiger partial charge in [0.1, 0.15) is 10.7 Å². The molecule has 5 nitrogen and oxygen atoms in total. The third-order valence-electron chi connectivity index (χ3n) is 5.02. The van der Waals surface area contributed by atoms with Crippen LogP contribution in [0.2, 0.25) is 10.0 Å². The van der Waals surface area contributed by atoms with E-state index in [-0.39, 0.29) is 23.9 Å². The van der Waals surface area contributed by atoms with E-state index in [4.69, 9.17) is 23.2 Å². The van der Waals surface area contributed by atoms with E-state index in [1.165, 1.54) is 4.88 Å². The van der Waals surface area contributed by atoms with Crippen molar-refractivity contribution < 1.29 is 4.79 Å². The van der Waals surface area contributed by atoms with Gasteiger partial charge in [-0.1, -0.05) is 29.3 Å². The summed E-state index contributed by atoms with van der Waals surface area (Å²) in [7, 11) is 0. The number of aryl methyl sites for hydroxylation is 3. The lowest BCUT2D eigenvalue weighted by Crippen LogP contribution is -2.27. The fraction of sp³-hybridized carbons (Fsp3) is 0.350. The van der Waals surface area contributed by atoms with Crippen LogP contribution in [-0.2, 0) is 24.1 Å². The summed E-state index contributed by atoms with van der Waals surface area (Å²) in [5.41, 5.74) is 1.87. The zero-order chi connectivity index (χ0) is 19.8. The summed E-state index contributed by atoms with van der Waals surface area (Å²) in [6, 6.07) is 4.96. The van der Waals surface area contributed by atoms with Crippen LogP contribution in [0.3, 0.4) is 0 Å². The monoisotopic (exact) mass is 435 g/mol. The maximum absolute atomic E-state index is 12.5. The number of hydrogen-bond acceptors (Lipinski definition) is 4. The maximum Gasteiger partial charge on any atom is 0.259 e. The number of carbonyl (C=O) groups is 1. The number of H-pyrrole nitrogens is 1. The van der Waals surface area contributed by atoms with E-state index >= 15 is 0 Å². The third-order valence-corrected chi connectivity index (χ3v) is 6.77. The molecule has 28 heavy (non-hydrogen) atoms. The van der Waals surface area contributed by atoms with Crippen molar-refractivity contribution in [3.63, 3.8) is 0 Å². The van der Waals surface area contributed by atoms with Gasteiger partial charge in [-0.2, -0.15) is 0 Å². The summed E-state index contributed by atoms with van der Waals surface area (Å²) in [5, 5.41) is 4.73. The number of fused-ring (bicyclic) bond motifs is 3. The Kier molecular flexibility index (Phi) is 5.45. The van der Waals surface area contributed by atoms with Crippen molar-refractivity contribution in [1.29, 1.82) is 0 Å². The van der Waals surface area contributed by atoms with Crippen LogP contribution >= 0.6 is 34.5 Å².